The van der Waals surface area contributed by atoms with Gasteiger partial charge in [0.2, 0.25) is 0 Å². The fraction of sp³-hybridized carbons (Fsp3) is 0.200. The Hall–Kier alpha value is -6.43. The van der Waals surface area contributed by atoms with Crippen LogP contribution in [0.3, 0.4) is 0 Å². The summed E-state index contributed by atoms with van der Waals surface area (Å²) in [5.74, 6) is -7.80. The molecule has 4 aromatic rings. The van der Waals surface area contributed by atoms with E-state index in [1.165, 1.54) is 7.11 Å². The number of phenols is 1. The molecular formula is C30H19F13N2O10. The van der Waals surface area contributed by atoms with Gasteiger partial charge in [0.15, 0.2) is 46.0 Å². The van der Waals surface area contributed by atoms with Crippen molar-refractivity contribution in [3.63, 3.8) is 0 Å². The van der Waals surface area contributed by atoms with Gasteiger partial charge < -0.3 is 39.0 Å². The first-order valence-electron chi connectivity index (χ1n) is 13.7. The zero-order chi connectivity index (χ0) is 42.1. The quantitative estimate of drug-likeness (QED) is 0.145. The minimum absolute atomic E-state index is 0.0771. The fourth-order valence-electron chi connectivity index (χ4n) is 3.49. The van der Waals surface area contributed by atoms with Gasteiger partial charge in [-0.1, -0.05) is 0 Å². The smallest absolute Gasteiger partial charge is 0.504 e. The van der Waals surface area contributed by atoms with Crippen LogP contribution in [0.15, 0.2) is 60.9 Å². The van der Waals surface area contributed by atoms with Crippen molar-refractivity contribution >= 4 is 11.9 Å². The van der Waals surface area contributed by atoms with Crippen molar-refractivity contribution in [3.05, 3.63) is 89.3 Å². The number of carboxylic acids is 2. The van der Waals surface area contributed by atoms with E-state index < -0.39 is 82.6 Å². The van der Waals surface area contributed by atoms with Crippen molar-refractivity contribution in [1.82, 2.24) is 9.97 Å². The van der Waals surface area contributed by atoms with E-state index in [0.29, 0.717) is 12.3 Å². The molecule has 0 aliphatic heterocycles. The van der Waals surface area contributed by atoms with E-state index in [1.807, 2.05) is 0 Å². The van der Waals surface area contributed by atoms with E-state index >= 15 is 0 Å². The van der Waals surface area contributed by atoms with Gasteiger partial charge in [-0.3, -0.25) is 0 Å². The van der Waals surface area contributed by atoms with Gasteiger partial charge in [-0.2, -0.15) is 26.3 Å². The minimum Gasteiger partial charge on any atom is -0.504 e. The number of aromatic nitrogens is 2. The number of methoxy groups -OCH3 is 2. The van der Waals surface area contributed by atoms with Crippen LogP contribution in [0.5, 0.6) is 40.2 Å². The predicted molar refractivity (Wildman–Crippen MR) is 153 cm³/mol. The molecule has 2 heterocycles. The standard InChI is InChI=1S/C15H9F6NO5.C8H7F3O3.C7H3F4NO2/c1-25-10-5-8(27-15(19,20)21)2-3-9(10)26-11-4-7(14(16,17)18)6-22-12(11)13(23)24;1-13-7-4-5(2-3-6(7)12)14-8(9,10)11;8-4-1-3(7(9,10)11)2-12-5(4)6(13)14/h2-6H,1H3,(H,23,24);2-4,12H,1H3;1-2H,(H,13,14). The third kappa shape index (κ3) is 14.1. The summed E-state index contributed by atoms with van der Waals surface area (Å²) in [5.41, 5.74) is -4.46. The molecule has 0 saturated carbocycles. The lowest BCUT2D eigenvalue weighted by Gasteiger charge is -2.15. The van der Waals surface area contributed by atoms with Crippen LogP contribution in [-0.4, -0.2) is 64.2 Å². The van der Waals surface area contributed by atoms with Crippen LogP contribution < -0.4 is 23.7 Å². The SMILES string of the molecule is COc1cc(OC(F)(F)F)ccc1O.COc1cc(OC(F)(F)F)ccc1Oc1cc(C(F)(F)F)cnc1C(=O)O.O=C(O)c1ncc(C(F)(F)F)cc1F. The molecule has 0 spiro atoms. The van der Waals surface area contributed by atoms with Gasteiger partial charge in [-0.25, -0.2) is 23.9 Å². The lowest BCUT2D eigenvalue weighted by molar-refractivity contribution is -0.275. The molecule has 4 rings (SSSR count). The van der Waals surface area contributed by atoms with Crippen LogP contribution in [0.1, 0.15) is 32.1 Å². The van der Waals surface area contributed by atoms with Crippen molar-refractivity contribution in [2.45, 2.75) is 25.1 Å². The molecule has 0 radical (unpaired) electrons. The molecule has 0 unspecified atom stereocenters. The van der Waals surface area contributed by atoms with Crippen molar-refractivity contribution in [2.75, 3.05) is 14.2 Å². The number of carbonyl (C=O) groups is 2. The summed E-state index contributed by atoms with van der Waals surface area (Å²) in [5, 5.41) is 26.4. The Morgan fingerprint density at radius 3 is 1.44 bits per heavy atom. The van der Waals surface area contributed by atoms with Crippen LogP contribution in [-0.2, 0) is 12.4 Å². The molecule has 2 aromatic carbocycles. The zero-order valence-corrected chi connectivity index (χ0v) is 26.8. The van der Waals surface area contributed by atoms with Crippen molar-refractivity contribution in [2.24, 2.45) is 0 Å². The number of aromatic carboxylic acids is 2. The predicted octanol–water partition coefficient (Wildman–Crippen LogP) is 8.74. The summed E-state index contributed by atoms with van der Waals surface area (Å²) in [6.07, 6.45) is -18.7. The van der Waals surface area contributed by atoms with Crippen LogP contribution in [0.4, 0.5) is 57.1 Å². The third-order valence-corrected chi connectivity index (χ3v) is 5.73. The second kappa shape index (κ2) is 17.6. The molecule has 0 fully saturated rings. The average molecular weight is 814 g/mol. The Morgan fingerprint density at radius 1 is 0.582 bits per heavy atom. The molecule has 0 aliphatic carbocycles. The van der Waals surface area contributed by atoms with Gasteiger partial charge in [-0.05, 0) is 36.4 Å². The molecule has 0 bridgehead atoms. The monoisotopic (exact) mass is 814 g/mol. The number of phenolic OH excluding ortho intramolecular Hbond substituents is 1. The normalized spacial score (nSPS) is 11.5. The maximum atomic E-state index is 12.8. The highest BCUT2D eigenvalue weighted by atomic mass is 19.4. The number of aromatic hydroxyl groups is 1. The molecule has 0 atom stereocenters. The number of alkyl halides is 12. The first kappa shape index (κ1) is 44.7. The van der Waals surface area contributed by atoms with E-state index in [2.05, 4.69) is 24.2 Å². The third-order valence-electron chi connectivity index (χ3n) is 5.73. The first-order chi connectivity index (χ1) is 25.1. The molecule has 300 valence electrons. The van der Waals surface area contributed by atoms with Crippen molar-refractivity contribution < 1.29 is 106 Å². The van der Waals surface area contributed by atoms with Gasteiger partial charge in [0.25, 0.3) is 0 Å². The topological polar surface area (TPSA) is 167 Å². The summed E-state index contributed by atoms with van der Waals surface area (Å²) in [7, 11) is 2.29. The minimum atomic E-state index is -4.98. The highest BCUT2D eigenvalue weighted by Crippen LogP contribution is 2.39. The molecule has 0 saturated heterocycles. The highest BCUT2D eigenvalue weighted by Gasteiger charge is 2.35. The lowest BCUT2D eigenvalue weighted by atomic mass is 10.2. The largest absolute Gasteiger partial charge is 0.573 e. The van der Waals surface area contributed by atoms with Gasteiger partial charge in [0.05, 0.1) is 25.3 Å². The Bertz CT molecular complexity index is 1970. The summed E-state index contributed by atoms with van der Waals surface area (Å²) in [6.45, 7) is 0. The Balaban J connectivity index is 0.000000314. The molecule has 0 amide bonds. The van der Waals surface area contributed by atoms with E-state index in [-0.39, 0.29) is 35.3 Å². The van der Waals surface area contributed by atoms with Crippen LogP contribution in [0.25, 0.3) is 0 Å². The van der Waals surface area contributed by atoms with Crippen molar-refractivity contribution in [3.8, 4) is 40.2 Å². The maximum Gasteiger partial charge on any atom is 0.573 e. The second-order valence-corrected chi connectivity index (χ2v) is 9.57. The molecule has 12 nitrogen and oxygen atoms in total. The number of benzene rings is 2. The van der Waals surface area contributed by atoms with Crippen LogP contribution in [0.2, 0.25) is 0 Å². The molecule has 3 N–H and O–H groups in total. The number of nitrogens with zero attached hydrogens (tertiary/aromatic N) is 2. The highest BCUT2D eigenvalue weighted by molar-refractivity contribution is 5.88. The Morgan fingerprint density at radius 2 is 1.02 bits per heavy atom. The number of carboxylic acid groups (broad SMARTS) is 2. The van der Waals surface area contributed by atoms with Gasteiger partial charge in [0, 0.05) is 24.5 Å². The summed E-state index contributed by atoms with van der Waals surface area (Å²) >= 11 is 0. The summed E-state index contributed by atoms with van der Waals surface area (Å²) in [4.78, 5) is 27.4. The number of rotatable bonds is 8. The molecule has 2 aromatic heterocycles. The first-order valence-corrected chi connectivity index (χ1v) is 13.7. The second-order valence-electron chi connectivity index (χ2n) is 9.57. The van der Waals surface area contributed by atoms with Gasteiger partial charge >= 0.3 is 37.0 Å². The number of halogens is 13. The lowest BCUT2D eigenvalue weighted by Crippen LogP contribution is -2.17. The maximum absolute atomic E-state index is 12.8. The molecule has 55 heavy (non-hydrogen) atoms. The van der Waals surface area contributed by atoms with Gasteiger partial charge in [-0.15, -0.1) is 26.3 Å². The van der Waals surface area contributed by atoms with E-state index in [4.69, 9.17) is 24.8 Å². The summed E-state index contributed by atoms with van der Waals surface area (Å²) in [6, 6.07) is 5.98. The van der Waals surface area contributed by atoms with E-state index in [9.17, 15) is 66.7 Å². The number of hydrogen-bond donors (Lipinski definition) is 3. The zero-order valence-electron chi connectivity index (χ0n) is 26.8. The van der Waals surface area contributed by atoms with Gasteiger partial charge in [0.1, 0.15) is 11.5 Å². The average Bonchev–Trinajstić information content (AvgIpc) is 3.04. The van der Waals surface area contributed by atoms with E-state index in [1.54, 1.807) is 0 Å². The van der Waals surface area contributed by atoms with Crippen LogP contribution >= 0.6 is 0 Å². The Labute approximate surface area is 296 Å². The molecular weight excluding hydrogens is 795 g/mol. The summed E-state index contributed by atoms with van der Waals surface area (Å²) < 4.78 is 181. The molecule has 0 aliphatic rings. The van der Waals surface area contributed by atoms with E-state index in [0.717, 1.165) is 43.5 Å². The van der Waals surface area contributed by atoms with Crippen molar-refractivity contribution in [1.29, 1.82) is 0 Å². The number of ether oxygens (including phenoxy) is 5. The van der Waals surface area contributed by atoms with Crippen LogP contribution in [0, 0.1) is 5.82 Å². The number of hydrogen-bond acceptors (Lipinski definition) is 10. The number of pyridine rings is 2. The fourth-order valence-corrected chi connectivity index (χ4v) is 3.49. The Kier molecular flexibility index (Phi) is 14.3. The molecule has 25 heteroatoms.